The van der Waals surface area contributed by atoms with Gasteiger partial charge in [-0.25, -0.2) is 15.6 Å². The van der Waals surface area contributed by atoms with Crippen LogP contribution in [0.25, 0.3) is 0 Å². The summed E-state index contributed by atoms with van der Waals surface area (Å²) in [6.07, 6.45) is 0. The number of hydrazone groups is 2. The summed E-state index contributed by atoms with van der Waals surface area (Å²) in [6.45, 7) is 1.34. The molecule has 0 aromatic rings. The fourth-order valence-electron chi connectivity index (χ4n) is 0.386. The predicted octanol–water partition coefficient (Wildman–Crippen LogP) is -2.66. The van der Waals surface area contributed by atoms with Crippen molar-refractivity contribution in [3.05, 3.63) is 0 Å². The van der Waals surface area contributed by atoms with Crippen LogP contribution in [0.5, 0.6) is 0 Å². The van der Waals surface area contributed by atoms with Gasteiger partial charge in [-0.3, -0.25) is 4.79 Å². The number of nitrogens with two attached hydrogens (primary N) is 3. The summed E-state index contributed by atoms with van der Waals surface area (Å²) in [6, 6.07) is -0.876. The molecule has 0 aromatic carbocycles. The van der Waals surface area contributed by atoms with E-state index in [-0.39, 0.29) is 11.7 Å². The van der Waals surface area contributed by atoms with E-state index in [9.17, 15) is 9.59 Å². The maximum atomic E-state index is 11.0. The number of primary amides is 1. The topological polar surface area (TPSA) is 161 Å². The first-order valence-corrected chi connectivity index (χ1v) is 3.42. The number of guanidine groups is 1. The van der Waals surface area contributed by atoms with Crippen LogP contribution < -0.4 is 28.1 Å². The van der Waals surface area contributed by atoms with Gasteiger partial charge in [0, 0.05) is 0 Å². The Bertz CT molecular complexity index is 290. The molecule has 0 aliphatic carbocycles. The van der Waals surface area contributed by atoms with Crippen molar-refractivity contribution in [2.45, 2.75) is 6.92 Å². The minimum absolute atomic E-state index is 0.0474. The number of urea groups is 1. The Morgan fingerprint density at radius 1 is 1.07 bits per heavy atom. The molecule has 0 spiro atoms. The highest BCUT2D eigenvalue weighted by molar-refractivity contribution is 6.37. The lowest BCUT2D eigenvalue weighted by molar-refractivity contribution is -0.114. The van der Waals surface area contributed by atoms with Gasteiger partial charge in [0.1, 0.15) is 5.71 Å². The zero-order valence-corrected chi connectivity index (χ0v) is 7.44. The number of hydrogen-bond acceptors (Lipinski definition) is 4. The lowest BCUT2D eigenvalue weighted by Crippen LogP contribution is -2.33. The summed E-state index contributed by atoms with van der Waals surface area (Å²) in [7, 11) is 0. The van der Waals surface area contributed by atoms with Gasteiger partial charge in [-0.15, -0.1) is 5.10 Å². The van der Waals surface area contributed by atoms with Crippen molar-refractivity contribution >= 4 is 23.6 Å². The summed E-state index contributed by atoms with van der Waals surface area (Å²) in [5.41, 5.74) is 18.4. The van der Waals surface area contributed by atoms with Gasteiger partial charge < -0.3 is 17.2 Å². The molecule has 0 unspecified atom stereocenters. The Morgan fingerprint density at radius 3 is 2.07 bits per heavy atom. The summed E-state index contributed by atoms with van der Waals surface area (Å²) in [5, 5.41) is 6.55. The standard InChI is InChI=1S/C5H11N7O2/c1-2(9-12-5(8)14)3(13)10-11-4(6)7/h1H3,(H,10,13)(H4,6,7,11)(H3,8,12,14)/b9-2+. The van der Waals surface area contributed by atoms with Crippen molar-refractivity contribution in [3.8, 4) is 0 Å². The van der Waals surface area contributed by atoms with E-state index in [1.807, 2.05) is 10.9 Å². The summed E-state index contributed by atoms with van der Waals surface area (Å²) in [4.78, 5) is 21.2. The van der Waals surface area contributed by atoms with E-state index in [0.717, 1.165) is 0 Å². The quantitative estimate of drug-likeness (QED) is 0.191. The van der Waals surface area contributed by atoms with Crippen LogP contribution in [0.1, 0.15) is 6.92 Å². The lowest BCUT2D eigenvalue weighted by Gasteiger charge is -1.98. The second kappa shape index (κ2) is 5.35. The first kappa shape index (κ1) is 11.7. The van der Waals surface area contributed by atoms with E-state index in [1.165, 1.54) is 6.92 Å². The average Bonchev–Trinajstić information content (AvgIpc) is 2.09. The normalized spacial score (nSPS) is 10.2. The van der Waals surface area contributed by atoms with Crippen LogP contribution in [0, 0.1) is 0 Å². The van der Waals surface area contributed by atoms with E-state index < -0.39 is 11.9 Å². The van der Waals surface area contributed by atoms with E-state index in [1.54, 1.807) is 0 Å². The maximum Gasteiger partial charge on any atom is 0.332 e. The molecule has 0 saturated carbocycles. The van der Waals surface area contributed by atoms with Crippen molar-refractivity contribution < 1.29 is 9.59 Å². The molecule has 3 amide bonds. The molecule has 0 fully saturated rings. The maximum absolute atomic E-state index is 11.0. The van der Waals surface area contributed by atoms with Gasteiger partial charge in [0.05, 0.1) is 0 Å². The average molecular weight is 201 g/mol. The zero-order chi connectivity index (χ0) is 11.1. The summed E-state index contributed by atoms with van der Waals surface area (Å²) in [5.74, 6) is -0.957. The van der Waals surface area contributed by atoms with Crippen LogP contribution in [-0.2, 0) is 4.79 Å². The van der Waals surface area contributed by atoms with Crippen LogP contribution in [0.2, 0.25) is 0 Å². The molecule has 0 rings (SSSR count). The molecule has 0 saturated heterocycles. The van der Waals surface area contributed by atoms with Crippen molar-refractivity contribution in [1.82, 2.24) is 10.9 Å². The number of amides is 3. The highest BCUT2D eigenvalue weighted by Gasteiger charge is 2.04. The molecule has 9 heteroatoms. The Morgan fingerprint density at radius 2 is 1.64 bits per heavy atom. The third kappa shape index (κ3) is 5.35. The molecule has 78 valence electrons. The van der Waals surface area contributed by atoms with Gasteiger partial charge in [-0.2, -0.15) is 5.10 Å². The number of nitrogens with zero attached hydrogens (tertiary/aromatic N) is 2. The van der Waals surface area contributed by atoms with E-state index >= 15 is 0 Å². The largest absolute Gasteiger partial charge is 0.369 e. The van der Waals surface area contributed by atoms with E-state index in [2.05, 4.69) is 10.2 Å². The number of carbonyl (C=O) groups excluding carboxylic acids is 2. The van der Waals surface area contributed by atoms with Gasteiger partial charge in [0.25, 0.3) is 5.91 Å². The minimum Gasteiger partial charge on any atom is -0.369 e. The van der Waals surface area contributed by atoms with Crippen LogP contribution in [-0.4, -0.2) is 23.6 Å². The number of rotatable bonds is 3. The van der Waals surface area contributed by atoms with E-state index in [4.69, 9.17) is 17.2 Å². The predicted molar refractivity (Wildman–Crippen MR) is 49.8 cm³/mol. The first-order valence-electron chi connectivity index (χ1n) is 3.42. The molecule has 14 heavy (non-hydrogen) atoms. The number of carbonyl (C=O) groups is 2. The molecule has 0 radical (unpaired) electrons. The highest BCUT2D eigenvalue weighted by Crippen LogP contribution is 1.75. The van der Waals surface area contributed by atoms with Crippen molar-refractivity contribution in [3.63, 3.8) is 0 Å². The Kier molecular flexibility index (Phi) is 4.46. The van der Waals surface area contributed by atoms with Crippen LogP contribution in [0.4, 0.5) is 4.79 Å². The van der Waals surface area contributed by atoms with Crippen LogP contribution >= 0.6 is 0 Å². The molecule has 0 aliphatic heterocycles. The SMILES string of the molecule is C/C(=N\NC(N)=O)C(=O)NN=C(N)N. The molecular formula is C5H11N7O2. The minimum atomic E-state index is -0.876. The number of hydrogen-bond donors (Lipinski definition) is 5. The molecule has 0 bridgehead atoms. The third-order valence-corrected chi connectivity index (χ3v) is 0.949. The summed E-state index contributed by atoms with van der Waals surface area (Å²) < 4.78 is 0. The molecule has 8 N–H and O–H groups in total. The van der Waals surface area contributed by atoms with Gasteiger partial charge >= 0.3 is 6.03 Å². The van der Waals surface area contributed by atoms with Gasteiger partial charge in [0.2, 0.25) is 5.96 Å². The lowest BCUT2D eigenvalue weighted by atomic mass is 10.4. The van der Waals surface area contributed by atoms with E-state index in [0.29, 0.717) is 0 Å². The molecule has 0 aromatic heterocycles. The smallest absolute Gasteiger partial charge is 0.332 e. The first-order chi connectivity index (χ1) is 6.43. The second-order valence-corrected chi connectivity index (χ2v) is 2.15. The van der Waals surface area contributed by atoms with Crippen molar-refractivity contribution in [1.29, 1.82) is 0 Å². The highest BCUT2D eigenvalue weighted by atomic mass is 16.2. The third-order valence-electron chi connectivity index (χ3n) is 0.949. The Balaban J connectivity index is 4.18. The summed E-state index contributed by atoms with van der Waals surface area (Å²) >= 11 is 0. The fourth-order valence-corrected chi connectivity index (χ4v) is 0.386. The zero-order valence-electron chi connectivity index (χ0n) is 7.44. The Hall–Kier alpha value is -2.32. The fraction of sp³-hybridized carbons (Fsp3) is 0.200. The molecular weight excluding hydrogens is 190 g/mol. The Labute approximate surface area is 79.4 Å². The monoisotopic (exact) mass is 201 g/mol. The van der Waals surface area contributed by atoms with Gasteiger partial charge in [-0.05, 0) is 6.92 Å². The van der Waals surface area contributed by atoms with Crippen molar-refractivity contribution in [2.24, 2.45) is 27.4 Å². The molecule has 0 atom stereocenters. The van der Waals surface area contributed by atoms with Gasteiger partial charge in [0.15, 0.2) is 0 Å². The second-order valence-electron chi connectivity index (χ2n) is 2.15. The van der Waals surface area contributed by atoms with Crippen molar-refractivity contribution in [2.75, 3.05) is 0 Å². The van der Waals surface area contributed by atoms with Crippen LogP contribution in [0.15, 0.2) is 10.2 Å². The molecule has 9 nitrogen and oxygen atoms in total. The van der Waals surface area contributed by atoms with Gasteiger partial charge in [-0.1, -0.05) is 0 Å². The number of nitrogens with one attached hydrogen (secondary N) is 2. The molecule has 0 aliphatic rings. The molecule has 0 heterocycles. The van der Waals surface area contributed by atoms with Crippen LogP contribution in [0.3, 0.4) is 0 Å².